The Morgan fingerprint density at radius 1 is 1.12 bits per heavy atom. The summed E-state index contributed by atoms with van der Waals surface area (Å²) in [5.74, 6) is -0.592. The zero-order valence-corrected chi connectivity index (χ0v) is 15.8. The Labute approximate surface area is 154 Å². The molecule has 26 heavy (non-hydrogen) atoms. The minimum absolute atomic E-state index is 0.00239. The number of benzene rings is 1. The summed E-state index contributed by atoms with van der Waals surface area (Å²) in [7, 11) is -1.85. The minimum atomic E-state index is -3.44. The van der Waals surface area contributed by atoms with Crippen molar-refractivity contribution in [3.05, 3.63) is 35.6 Å². The number of nitrogens with zero attached hydrogens (tertiary/aromatic N) is 2. The van der Waals surface area contributed by atoms with Crippen LogP contribution in [0.25, 0.3) is 0 Å². The third-order valence-electron chi connectivity index (χ3n) is 5.40. The van der Waals surface area contributed by atoms with Gasteiger partial charge in [-0.25, -0.2) is 12.8 Å². The molecule has 8 heteroatoms. The minimum Gasteiger partial charge on any atom is -0.377 e. The third-order valence-corrected chi connectivity index (χ3v) is 7.45. The maximum absolute atomic E-state index is 13.0. The summed E-state index contributed by atoms with van der Waals surface area (Å²) in [4.78, 5) is 14.1. The maximum atomic E-state index is 13.0. The molecule has 0 bridgehead atoms. The summed E-state index contributed by atoms with van der Waals surface area (Å²) < 4.78 is 45.6. The van der Waals surface area contributed by atoms with Crippen molar-refractivity contribution in [3.63, 3.8) is 0 Å². The summed E-state index contributed by atoms with van der Waals surface area (Å²) in [5, 5.41) is 0. The van der Waals surface area contributed by atoms with Gasteiger partial charge in [0.15, 0.2) is 0 Å². The number of piperazine rings is 1. The zero-order chi connectivity index (χ0) is 18.8. The molecule has 2 aliphatic rings. The van der Waals surface area contributed by atoms with Gasteiger partial charge in [0.2, 0.25) is 10.0 Å². The fraction of sp³-hybridized carbons (Fsp3) is 0.611. The lowest BCUT2D eigenvalue weighted by atomic mass is 10.1. The van der Waals surface area contributed by atoms with E-state index in [1.807, 2.05) is 0 Å². The number of methoxy groups -OCH3 is 1. The number of halogens is 1. The Morgan fingerprint density at radius 3 is 2.23 bits per heavy atom. The van der Waals surface area contributed by atoms with E-state index in [4.69, 9.17) is 4.74 Å². The van der Waals surface area contributed by atoms with Crippen LogP contribution >= 0.6 is 0 Å². The molecule has 1 aliphatic heterocycles. The van der Waals surface area contributed by atoms with Crippen LogP contribution in [-0.4, -0.2) is 68.2 Å². The standard InChI is InChI=1S/C18H25FN2O4S/c1-25-18(8-2-3-9-18)14-26(23,24)21-12-10-20(11-13-21)17(22)15-4-6-16(19)7-5-15/h4-7H,2-3,8-14H2,1H3. The molecule has 1 saturated carbocycles. The monoisotopic (exact) mass is 384 g/mol. The lowest BCUT2D eigenvalue weighted by Gasteiger charge is -2.36. The summed E-state index contributed by atoms with van der Waals surface area (Å²) in [6.45, 7) is 1.20. The van der Waals surface area contributed by atoms with Gasteiger partial charge in [-0.05, 0) is 37.1 Å². The number of ether oxygens (including phenoxy) is 1. The maximum Gasteiger partial charge on any atom is 0.253 e. The van der Waals surface area contributed by atoms with Gasteiger partial charge in [-0.3, -0.25) is 4.79 Å². The Hall–Kier alpha value is -1.51. The van der Waals surface area contributed by atoms with E-state index in [9.17, 15) is 17.6 Å². The molecule has 0 spiro atoms. The molecule has 0 unspecified atom stereocenters. The van der Waals surface area contributed by atoms with E-state index in [-0.39, 0.29) is 24.7 Å². The van der Waals surface area contributed by atoms with Gasteiger partial charge in [0, 0.05) is 38.9 Å². The first kappa shape index (κ1) is 19.3. The van der Waals surface area contributed by atoms with Crippen molar-refractivity contribution in [2.75, 3.05) is 39.0 Å². The van der Waals surface area contributed by atoms with Crippen LogP contribution in [0.5, 0.6) is 0 Å². The zero-order valence-electron chi connectivity index (χ0n) is 15.0. The molecule has 1 saturated heterocycles. The molecule has 1 aliphatic carbocycles. The molecule has 1 heterocycles. The summed E-state index contributed by atoms with van der Waals surface area (Å²) in [6.07, 6.45) is 3.52. The van der Waals surface area contributed by atoms with Crippen molar-refractivity contribution in [1.29, 1.82) is 0 Å². The van der Waals surface area contributed by atoms with E-state index in [0.29, 0.717) is 18.7 Å². The van der Waals surface area contributed by atoms with Gasteiger partial charge in [-0.1, -0.05) is 12.8 Å². The van der Waals surface area contributed by atoms with E-state index in [1.165, 1.54) is 28.6 Å². The Bertz CT molecular complexity index is 737. The lowest BCUT2D eigenvalue weighted by molar-refractivity contribution is 0.0144. The molecular weight excluding hydrogens is 359 g/mol. The van der Waals surface area contributed by atoms with Crippen LogP contribution in [0.15, 0.2) is 24.3 Å². The Balaban J connectivity index is 1.60. The van der Waals surface area contributed by atoms with Gasteiger partial charge in [0.1, 0.15) is 5.82 Å². The molecule has 0 radical (unpaired) electrons. The van der Waals surface area contributed by atoms with Crippen molar-refractivity contribution in [3.8, 4) is 0 Å². The quantitative estimate of drug-likeness (QED) is 0.777. The highest BCUT2D eigenvalue weighted by Gasteiger charge is 2.41. The average Bonchev–Trinajstić information content (AvgIpc) is 3.10. The Morgan fingerprint density at radius 2 is 1.69 bits per heavy atom. The number of sulfonamides is 1. The molecular formula is C18H25FN2O4S. The highest BCUT2D eigenvalue weighted by molar-refractivity contribution is 7.89. The van der Waals surface area contributed by atoms with Crippen molar-refractivity contribution in [2.24, 2.45) is 0 Å². The van der Waals surface area contributed by atoms with E-state index >= 15 is 0 Å². The van der Waals surface area contributed by atoms with E-state index in [0.717, 1.165) is 25.7 Å². The van der Waals surface area contributed by atoms with Crippen LogP contribution in [0.1, 0.15) is 36.0 Å². The number of hydrogen-bond acceptors (Lipinski definition) is 4. The van der Waals surface area contributed by atoms with Gasteiger partial charge >= 0.3 is 0 Å². The van der Waals surface area contributed by atoms with Crippen LogP contribution in [-0.2, 0) is 14.8 Å². The number of amides is 1. The van der Waals surface area contributed by atoms with Gasteiger partial charge in [-0.15, -0.1) is 0 Å². The average molecular weight is 384 g/mol. The summed E-state index contributed by atoms with van der Waals surface area (Å²) >= 11 is 0. The van der Waals surface area contributed by atoms with Gasteiger partial charge in [0.05, 0.1) is 11.4 Å². The second kappa shape index (κ2) is 7.62. The normalized spacial score (nSPS) is 21.1. The predicted octanol–water partition coefficient (Wildman–Crippen LogP) is 1.87. The van der Waals surface area contributed by atoms with Gasteiger partial charge in [-0.2, -0.15) is 4.31 Å². The molecule has 2 fully saturated rings. The summed E-state index contributed by atoms with van der Waals surface area (Å²) in [6, 6.07) is 5.39. The van der Waals surface area contributed by atoms with Crippen LogP contribution in [0, 0.1) is 5.82 Å². The number of carbonyl (C=O) groups excluding carboxylic acids is 1. The fourth-order valence-corrected chi connectivity index (χ4v) is 5.77. The molecule has 0 N–H and O–H groups in total. The lowest BCUT2D eigenvalue weighted by Crippen LogP contribution is -2.53. The number of rotatable bonds is 5. The highest BCUT2D eigenvalue weighted by atomic mass is 32.2. The van der Waals surface area contributed by atoms with E-state index in [1.54, 1.807) is 12.0 Å². The van der Waals surface area contributed by atoms with Crippen molar-refractivity contribution in [1.82, 2.24) is 9.21 Å². The Kier molecular flexibility index (Phi) is 5.64. The molecule has 0 aromatic heterocycles. The van der Waals surface area contributed by atoms with E-state index in [2.05, 4.69) is 0 Å². The van der Waals surface area contributed by atoms with Gasteiger partial charge in [0.25, 0.3) is 5.91 Å². The van der Waals surface area contributed by atoms with Crippen molar-refractivity contribution in [2.45, 2.75) is 31.3 Å². The second-order valence-corrected chi connectivity index (χ2v) is 9.02. The topological polar surface area (TPSA) is 66.9 Å². The molecule has 6 nitrogen and oxygen atoms in total. The molecule has 3 rings (SSSR count). The van der Waals surface area contributed by atoms with E-state index < -0.39 is 21.4 Å². The van der Waals surface area contributed by atoms with Crippen molar-refractivity contribution < 1.29 is 22.3 Å². The fourth-order valence-electron chi connectivity index (χ4n) is 3.79. The molecule has 0 atom stereocenters. The second-order valence-electron chi connectivity index (χ2n) is 7.05. The number of carbonyl (C=O) groups is 1. The third kappa shape index (κ3) is 4.07. The first-order chi connectivity index (χ1) is 12.4. The molecule has 1 aromatic rings. The van der Waals surface area contributed by atoms with Crippen LogP contribution in [0.4, 0.5) is 4.39 Å². The largest absolute Gasteiger partial charge is 0.377 e. The molecule has 1 amide bonds. The molecule has 1 aromatic carbocycles. The highest BCUT2D eigenvalue weighted by Crippen LogP contribution is 2.34. The first-order valence-corrected chi connectivity index (χ1v) is 10.5. The van der Waals surface area contributed by atoms with Gasteiger partial charge < -0.3 is 9.64 Å². The summed E-state index contributed by atoms with van der Waals surface area (Å²) in [5.41, 5.74) is -0.160. The SMILES string of the molecule is COC1(CS(=O)(=O)N2CCN(C(=O)c3ccc(F)cc3)CC2)CCCC1. The smallest absolute Gasteiger partial charge is 0.253 e. The number of hydrogen-bond donors (Lipinski definition) is 0. The van der Waals surface area contributed by atoms with Crippen molar-refractivity contribution >= 4 is 15.9 Å². The van der Waals surface area contributed by atoms with Crippen LogP contribution in [0.3, 0.4) is 0 Å². The predicted molar refractivity (Wildman–Crippen MR) is 95.9 cm³/mol. The van der Waals surface area contributed by atoms with Crippen LogP contribution in [0.2, 0.25) is 0 Å². The first-order valence-electron chi connectivity index (χ1n) is 8.93. The van der Waals surface area contributed by atoms with Crippen LogP contribution < -0.4 is 0 Å². The molecule has 144 valence electrons.